The van der Waals surface area contributed by atoms with E-state index >= 15 is 0 Å². The van der Waals surface area contributed by atoms with Crippen molar-refractivity contribution in [3.05, 3.63) is 229 Å². The summed E-state index contributed by atoms with van der Waals surface area (Å²) in [4.78, 5) is 2.40. The molecule has 2 aliphatic carbocycles. The van der Waals surface area contributed by atoms with Crippen molar-refractivity contribution in [3.63, 3.8) is 0 Å². The summed E-state index contributed by atoms with van der Waals surface area (Å²) in [6.07, 6.45) is 10.0. The SMILES string of the molecule is CC1(C)c2ccccc2-c2ccc(N(c3ccc(-c4ccccc4)cc3)c3ccc(-c4ccc5c(c4)c4c(n5-c5ccc(-c6ccccc6)cc5)C=CCC=C4)cc3)cc21. The molecule has 0 amide bonds. The second-order valence-electron chi connectivity index (χ2n) is 16.5. The van der Waals surface area contributed by atoms with E-state index in [1.165, 1.54) is 77.8 Å². The molecule has 11 rings (SSSR count). The molecule has 9 aromatic rings. The first-order valence-electron chi connectivity index (χ1n) is 21.0. The molecule has 2 heteroatoms. The van der Waals surface area contributed by atoms with Crippen LogP contribution in [0.3, 0.4) is 0 Å². The van der Waals surface area contributed by atoms with Crippen molar-refractivity contribution in [2.45, 2.75) is 25.7 Å². The van der Waals surface area contributed by atoms with E-state index in [4.69, 9.17) is 0 Å². The van der Waals surface area contributed by atoms with E-state index < -0.39 is 0 Å². The normalized spacial score (nSPS) is 13.4. The predicted octanol–water partition coefficient (Wildman–Crippen LogP) is 15.8. The van der Waals surface area contributed by atoms with Gasteiger partial charge >= 0.3 is 0 Å². The zero-order valence-corrected chi connectivity index (χ0v) is 33.9. The Bertz CT molecular complexity index is 3090. The Hall–Kier alpha value is -7.42. The third-order valence-corrected chi connectivity index (χ3v) is 12.6. The van der Waals surface area contributed by atoms with E-state index in [1.54, 1.807) is 0 Å². The molecule has 0 N–H and O–H groups in total. The van der Waals surface area contributed by atoms with Gasteiger partial charge in [0.2, 0.25) is 0 Å². The van der Waals surface area contributed by atoms with Crippen molar-refractivity contribution in [2.24, 2.45) is 0 Å². The summed E-state index contributed by atoms with van der Waals surface area (Å²) in [5.74, 6) is 0. The van der Waals surface area contributed by atoms with Crippen LogP contribution in [0.1, 0.15) is 42.7 Å². The Labute approximate surface area is 352 Å². The van der Waals surface area contributed by atoms with Gasteiger partial charge in [-0.1, -0.05) is 166 Å². The number of hydrogen-bond donors (Lipinski definition) is 0. The standard InChI is InChI=1S/C58H44N2/c1-58(2)54-20-13-12-18-50(54)51-36-35-49(39-55(51)58)59(46-29-22-42(23-30-46)40-14-6-3-7-15-40)47-31-26-44(27-32-47)45-28-37-57-53(38-45)52-19-10-5-11-21-56(52)60(57)48-33-24-43(25-34-48)41-16-8-4-9-17-41/h3-4,6-39H,5H2,1-2H3. The maximum atomic E-state index is 2.41. The molecule has 286 valence electrons. The molecule has 1 heterocycles. The van der Waals surface area contributed by atoms with Gasteiger partial charge in [0.1, 0.15) is 0 Å². The van der Waals surface area contributed by atoms with E-state index in [1.807, 2.05) is 0 Å². The Kier molecular flexibility index (Phi) is 8.60. The number of nitrogens with zero attached hydrogens (tertiary/aromatic N) is 2. The highest BCUT2D eigenvalue weighted by molar-refractivity contribution is 5.98. The number of fused-ring (bicyclic) bond motifs is 6. The number of benzene rings is 8. The lowest BCUT2D eigenvalue weighted by atomic mass is 9.82. The second kappa shape index (κ2) is 14.4. The van der Waals surface area contributed by atoms with Crippen LogP contribution < -0.4 is 4.90 Å². The van der Waals surface area contributed by atoms with Crippen LogP contribution in [0, 0.1) is 0 Å². The van der Waals surface area contributed by atoms with Crippen molar-refractivity contribution in [3.8, 4) is 50.2 Å². The number of hydrogen-bond acceptors (Lipinski definition) is 1. The quantitative estimate of drug-likeness (QED) is 0.157. The van der Waals surface area contributed by atoms with Gasteiger partial charge in [-0.2, -0.15) is 0 Å². The highest BCUT2D eigenvalue weighted by Gasteiger charge is 2.35. The molecule has 0 radical (unpaired) electrons. The van der Waals surface area contributed by atoms with Crippen molar-refractivity contribution in [1.82, 2.24) is 4.57 Å². The molecule has 60 heavy (non-hydrogen) atoms. The van der Waals surface area contributed by atoms with Crippen LogP contribution in [-0.4, -0.2) is 4.57 Å². The van der Waals surface area contributed by atoms with Crippen LogP contribution >= 0.6 is 0 Å². The Morgan fingerprint density at radius 2 is 0.950 bits per heavy atom. The lowest BCUT2D eigenvalue weighted by molar-refractivity contribution is 0.660. The average Bonchev–Trinajstić information content (AvgIpc) is 3.58. The van der Waals surface area contributed by atoms with Crippen LogP contribution in [0.2, 0.25) is 0 Å². The first-order chi connectivity index (χ1) is 29.5. The fourth-order valence-electron chi connectivity index (χ4n) is 9.52. The first kappa shape index (κ1) is 35.7. The number of allylic oxidation sites excluding steroid dienone is 2. The summed E-state index contributed by atoms with van der Waals surface area (Å²) in [5, 5.41) is 1.25. The monoisotopic (exact) mass is 768 g/mol. The molecule has 0 spiro atoms. The molecule has 2 aliphatic rings. The summed E-state index contributed by atoms with van der Waals surface area (Å²) >= 11 is 0. The Morgan fingerprint density at radius 3 is 1.62 bits per heavy atom. The summed E-state index contributed by atoms with van der Waals surface area (Å²) in [5.41, 5.74) is 20.8. The fraction of sp³-hybridized carbons (Fsp3) is 0.0690. The van der Waals surface area contributed by atoms with E-state index in [-0.39, 0.29) is 5.41 Å². The van der Waals surface area contributed by atoms with Gasteiger partial charge in [0.05, 0.1) is 11.2 Å². The van der Waals surface area contributed by atoms with Crippen LogP contribution in [0.25, 0.3) is 73.2 Å². The molecule has 0 saturated heterocycles. The highest BCUT2D eigenvalue weighted by atomic mass is 15.1. The zero-order chi connectivity index (χ0) is 40.2. The van der Waals surface area contributed by atoms with Gasteiger partial charge in [0.15, 0.2) is 0 Å². The summed E-state index contributed by atoms with van der Waals surface area (Å²) in [6.45, 7) is 4.71. The minimum absolute atomic E-state index is 0.0962. The van der Waals surface area contributed by atoms with Gasteiger partial charge in [0, 0.05) is 39.1 Å². The smallest absolute Gasteiger partial charge is 0.0541 e. The van der Waals surface area contributed by atoms with Crippen molar-refractivity contribution in [2.75, 3.05) is 4.90 Å². The molecule has 0 atom stereocenters. The molecule has 8 aromatic carbocycles. The summed E-state index contributed by atoms with van der Waals surface area (Å²) in [6, 6.07) is 71.1. The second-order valence-corrected chi connectivity index (χ2v) is 16.5. The predicted molar refractivity (Wildman–Crippen MR) is 255 cm³/mol. The topological polar surface area (TPSA) is 8.17 Å². The first-order valence-corrected chi connectivity index (χ1v) is 21.0. The van der Waals surface area contributed by atoms with Gasteiger partial charge in [-0.05, 0) is 129 Å². The maximum absolute atomic E-state index is 2.41. The number of rotatable bonds is 7. The van der Waals surface area contributed by atoms with Gasteiger partial charge in [0.25, 0.3) is 0 Å². The molecule has 1 aromatic heterocycles. The van der Waals surface area contributed by atoms with Crippen LogP contribution in [-0.2, 0) is 5.41 Å². The molecule has 0 saturated carbocycles. The summed E-state index contributed by atoms with van der Waals surface area (Å²) < 4.78 is 2.41. The minimum Gasteiger partial charge on any atom is -0.310 e. The maximum Gasteiger partial charge on any atom is 0.0541 e. The third-order valence-electron chi connectivity index (χ3n) is 12.6. The van der Waals surface area contributed by atoms with Gasteiger partial charge < -0.3 is 9.47 Å². The third kappa shape index (κ3) is 6.03. The van der Waals surface area contributed by atoms with Crippen LogP contribution in [0.5, 0.6) is 0 Å². The van der Waals surface area contributed by atoms with E-state index in [2.05, 4.69) is 242 Å². The lowest BCUT2D eigenvalue weighted by Crippen LogP contribution is -2.16. The van der Waals surface area contributed by atoms with Gasteiger partial charge in [-0.15, -0.1) is 0 Å². The van der Waals surface area contributed by atoms with Crippen molar-refractivity contribution in [1.29, 1.82) is 0 Å². The fourth-order valence-corrected chi connectivity index (χ4v) is 9.52. The van der Waals surface area contributed by atoms with Gasteiger partial charge in [-0.3, -0.25) is 0 Å². The number of aromatic nitrogens is 1. The molecule has 2 nitrogen and oxygen atoms in total. The molecular weight excluding hydrogens is 725 g/mol. The van der Waals surface area contributed by atoms with E-state index in [9.17, 15) is 0 Å². The number of anilines is 3. The zero-order valence-electron chi connectivity index (χ0n) is 33.9. The van der Waals surface area contributed by atoms with E-state index in [0.717, 1.165) is 29.2 Å². The van der Waals surface area contributed by atoms with Crippen molar-refractivity contribution >= 4 is 40.1 Å². The lowest BCUT2D eigenvalue weighted by Gasteiger charge is -2.28. The van der Waals surface area contributed by atoms with E-state index in [0.29, 0.717) is 0 Å². The highest BCUT2D eigenvalue weighted by Crippen LogP contribution is 2.51. The molecule has 0 bridgehead atoms. The molecular formula is C58H44N2. The average molecular weight is 769 g/mol. The Morgan fingerprint density at radius 1 is 0.433 bits per heavy atom. The van der Waals surface area contributed by atoms with Gasteiger partial charge in [-0.25, -0.2) is 0 Å². The molecule has 0 fully saturated rings. The minimum atomic E-state index is -0.0962. The molecule has 0 unspecified atom stereocenters. The summed E-state index contributed by atoms with van der Waals surface area (Å²) in [7, 11) is 0. The van der Waals surface area contributed by atoms with Crippen LogP contribution in [0.15, 0.2) is 206 Å². The van der Waals surface area contributed by atoms with Crippen LogP contribution in [0.4, 0.5) is 17.1 Å². The Balaban J connectivity index is 0.982. The molecule has 0 aliphatic heterocycles. The largest absolute Gasteiger partial charge is 0.310 e. The van der Waals surface area contributed by atoms with Crippen molar-refractivity contribution < 1.29 is 0 Å².